The van der Waals surface area contributed by atoms with Crippen LogP contribution in [0.5, 0.6) is 0 Å². The molecule has 0 aliphatic carbocycles. The quantitative estimate of drug-likeness (QED) is 0.564. The van der Waals surface area contributed by atoms with Crippen molar-refractivity contribution >= 4 is 18.1 Å². The topological polar surface area (TPSA) is 18.4 Å². The van der Waals surface area contributed by atoms with Crippen molar-refractivity contribution in [1.82, 2.24) is 0 Å². The van der Waals surface area contributed by atoms with Crippen LogP contribution < -0.4 is 0 Å². The normalized spacial score (nSPS) is 14.2. The molecule has 0 saturated carbocycles. The lowest BCUT2D eigenvalue weighted by atomic mass is 9.96. The van der Waals surface area contributed by atoms with Gasteiger partial charge in [-0.05, 0) is 33.7 Å². The average molecular weight is 304 g/mol. The molecule has 0 atom stereocenters. The van der Waals surface area contributed by atoms with E-state index in [1.54, 1.807) is 4.68 Å². The third-order valence-electron chi connectivity index (χ3n) is 4.08. The van der Waals surface area contributed by atoms with Gasteiger partial charge < -0.3 is 0 Å². The number of aryl methyl sites for hydroxylation is 1. The minimum atomic E-state index is 0.424. The number of rotatable bonds is 4. The molecule has 0 spiro atoms. The van der Waals surface area contributed by atoms with E-state index in [9.17, 15) is 0 Å². The van der Waals surface area contributed by atoms with Gasteiger partial charge in [0.05, 0.1) is 0 Å². The van der Waals surface area contributed by atoms with Gasteiger partial charge in [-0.2, -0.15) is 0 Å². The largest absolute Gasteiger partial charge is 0.256 e. The molecule has 1 aliphatic rings. The van der Waals surface area contributed by atoms with Crippen molar-refractivity contribution in [2.45, 2.75) is 33.1 Å². The zero-order valence-electron chi connectivity index (χ0n) is 14.0. The van der Waals surface area contributed by atoms with Gasteiger partial charge in [0.1, 0.15) is 0 Å². The van der Waals surface area contributed by atoms with Crippen molar-refractivity contribution in [2.24, 2.45) is 5.22 Å². The highest BCUT2D eigenvalue weighted by atomic mass is 15.6. The summed E-state index contributed by atoms with van der Waals surface area (Å²) in [6, 6.07) is 16.6. The predicted molar refractivity (Wildman–Crippen MR) is 92.7 cm³/mol. The summed E-state index contributed by atoms with van der Waals surface area (Å²) in [5, 5.41) is 4.58. The van der Waals surface area contributed by atoms with Crippen molar-refractivity contribution < 1.29 is 9.38 Å². The standard InChI is InChI=1S/C20H22N3/c1-5-16-12-9-13-18(15(2)3)20(16)23-14-19(22(4)21-23)17-10-7-6-8-11-17/h6-13,15H,4-5H2,1-3H3/q+1. The number of hydrogen-bond acceptors (Lipinski definition) is 1. The van der Waals surface area contributed by atoms with Gasteiger partial charge in [0.25, 0.3) is 5.22 Å². The van der Waals surface area contributed by atoms with E-state index in [0.29, 0.717) is 5.92 Å². The predicted octanol–water partition coefficient (Wildman–Crippen LogP) is 4.91. The SMILES string of the molecule is C=[N+]1N=[N+](c2c(CC)cccc2C(C)C)[C-]=C1c1ccccc1. The summed E-state index contributed by atoms with van der Waals surface area (Å²) in [6.45, 7) is 10.6. The van der Waals surface area contributed by atoms with Crippen LogP contribution in [0.4, 0.5) is 5.69 Å². The van der Waals surface area contributed by atoms with Crippen molar-refractivity contribution in [3.05, 3.63) is 71.4 Å². The Hall–Kier alpha value is -2.55. The molecule has 0 bridgehead atoms. The first-order valence-electron chi connectivity index (χ1n) is 8.05. The maximum absolute atomic E-state index is 4.58. The number of hydrogen-bond donors (Lipinski definition) is 0. The lowest BCUT2D eigenvalue weighted by Gasteiger charge is -2.13. The van der Waals surface area contributed by atoms with E-state index in [2.05, 4.69) is 69.2 Å². The van der Waals surface area contributed by atoms with Crippen LogP contribution in [0, 0.1) is 6.20 Å². The Morgan fingerprint density at radius 2 is 1.83 bits per heavy atom. The average Bonchev–Trinajstić information content (AvgIpc) is 2.96. The fourth-order valence-electron chi connectivity index (χ4n) is 2.86. The van der Waals surface area contributed by atoms with E-state index in [0.717, 1.165) is 23.4 Å². The second-order valence-electron chi connectivity index (χ2n) is 5.99. The zero-order valence-corrected chi connectivity index (χ0v) is 14.0. The Labute approximate surface area is 137 Å². The highest BCUT2D eigenvalue weighted by molar-refractivity contribution is 5.58. The third kappa shape index (κ3) is 2.87. The third-order valence-corrected chi connectivity index (χ3v) is 4.08. The van der Waals surface area contributed by atoms with E-state index < -0.39 is 0 Å². The van der Waals surface area contributed by atoms with E-state index in [4.69, 9.17) is 0 Å². The summed E-state index contributed by atoms with van der Waals surface area (Å²) in [7, 11) is 0. The minimum absolute atomic E-state index is 0.424. The summed E-state index contributed by atoms with van der Waals surface area (Å²) in [6.07, 6.45) is 4.35. The van der Waals surface area contributed by atoms with Crippen LogP contribution in [0.3, 0.4) is 0 Å². The van der Waals surface area contributed by atoms with E-state index in [1.165, 1.54) is 11.1 Å². The van der Waals surface area contributed by atoms with E-state index >= 15 is 0 Å². The van der Waals surface area contributed by atoms with Gasteiger partial charge in [-0.1, -0.05) is 61.9 Å². The van der Waals surface area contributed by atoms with Crippen LogP contribution in [-0.2, 0) is 6.42 Å². The molecular formula is C20H22N3+. The maximum atomic E-state index is 4.58. The second kappa shape index (κ2) is 6.29. The molecule has 2 aromatic rings. The summed E-state index contributed by atoms with van der Waals surface area (Å²) < 4.78 is 3.50. The first kappa shape index (κ1) is 15.3. The van der Waals surface area contributed by atoms with Gasteiger partial charge in [-0.15, -0.1) is 12.1 Å². The van der Waals surface area contributed by atoms with Gasteiger partial charge in [0.15, 0.2) is 12.4 Å². The number of nitrogens with zero attached hydrogens (tertiary/aromatic N) is 3. The Balaban J connectivity index is 2.12. The van der Waals surface area contributed by atoms with Gasteiger partial charge >= 0.3 is 0 Å². The molecule has 1 heterocycles. The molecule has 0 radical (unpaired) electrons. The van der Waals surface area contributed by atoms with Crippen LogP contribution in [0.15, 0.2) is 53.8 Å². The molecule has 0 saturated heterocycles. The fourth-order valence-corrected chi connectivity index (χ4v) is 2.86. The molecule has 0 fully saturated rings. The summed E-state index contributed by atoms with van der Waals surface area (Å²) in [4.78, 5) is 0. The van der Waals surface area contributed by atoms with Crippen LogP contribution in [0.1, 0.15) is 43.4 Å². The van der Waals surface area contributed by atoms with E-state index in [-0.39, 0.29) is 0 Å². The van der Waals surface area contributed by atoms with Crippen LogP contribution in [-0.4, -0.2) is 16.1 Å². The molecule has 1 aliphatic heterocycles. The molecule has 3 heteroatoms. The molecule has 0 aromatic heterocycles. The highest BCUT2D eigenvalue weighted by Gasteiger charge is 2.28. The molecule has 0 unspecified atom stereocenters. The molecule has 2 aromatic carbocycles. The first-order valence-corrected chi connectivity index (χ1v) is 8.05. The maximum Gasteiger partial charge on any atom is 0.256 e. The number of benzene rings is 2. The lowest BCUT2D eigenvalue weighted by Crippen LogP contribution is -2.02. The lowest BCUT2D eigenvalue weighted by molar-refractivity contribution is -0.588. The second-order valence-corrected chi connectivity index (χ2v) is 5.99. The molecule has 3 nitrogen and oxygen atoms in total. The Morgan fingerprint density at radius 3 is 2.48 bits per heavy atom. The Morgan fingerprint density at radius 1 is 1.09 bits per heavy atom. The van der Waals surface area contributed by atoms with Gasteiger partial charge in [-0.25, -0.2) is 0 Å². The van der Waals surface area contributed by atoms with Crippen LogP contribution in [0.2, 0.25) is 0 Å². The zero-order chi connectivity index (χ0) is 16.4. The van der Waals surface area contributed by atoms with Crippen molar-refractivity contribution in [2.75, 3.05) is 0 Å². The molecule has 3 rings (SSSR count). The monoisotopic (exact) mass is 304 g/mol. The number of para-hydroxylation sites is 1. The van der Waals surface area contributed by atoms with Crippen LogP contribution >= 0.6 is 0 Å². The smallest absolute Gasteiger partial charge is 0.104 e. The summed E-state index contributed by atoms with van der Waals surface area (Å²) in [5.41, 5.74) is 5.63. The van der Waals surface area contributed by atoms with Gasteiger partial charge in [0, 0.05) is 0 Å². The molecular weight excluding hydrogens is 282 g/mol. The fraction of sp³-hybridized carbons (Fsp3) is 0.250. The van der Waals surface area contributed by atoms with E-state index in [1.807, 2.05) is 22.9 Å². The Bertz CT molecular complexity index is 799. The van der Waals surface area contributed by atoms with Gasteiger partial charge in [0.2, 0.25) is 11.9 Å². The molecule has 0 amide bonds. The summed E-state index contributed by atoms with van der Waals surface area (Å²) in [5.74, 6) is 0.424. The molecule has 23 heavy (non-hydrogen) atoms. The molecule has 116 valence electrons. The van der Waals surface area contributed by atoms with Crippen molar-refractivity contribution in [3.8, 4) is 0 Å². The molecule has 0 N–H and O–H groups in total. The first-order chi connectivity index (χ1) is 11.1. The van der Waals surface area contributed by atoms with Crippen LogP contribution in [0.25, 0.3) is 5.70 Å². The summed E-state index contributed by atoms with van der Waals surface area (Å²) >= 11 is 0. The van der Waals surface area contributed by atoms with Gasteiger partial charge in [-0.3, -0.25) is 0 Å². The van der Waals surface area contributed by atoms with Crippen molar-refractivity contribution in [1.29, 1.82) is 0 Å². The highest BCUT2D eigenvalue weighted by Crippen LogP contribution is 2.34. The Kier molecular flexibility index (Phi) is 4.20. The van der Waals surface area contributed by atoms with Crippen molar-refractivity contribution in [3.63, 3.8) is 0 Å². The minimum Gasteiger partial charge on any atom is -0.104 e.